The number of aromatic nitrogens is 2. The summed E-state index contributed by atoms with van der Waals surface area (Å²) in [6.45, 7) is 6.51. The predicted molar refractivity (Wildman–Crippen MR) is 121 cm³/mol. The van der Waals surface area contributed by atoms with Crippen molar-refractivity contribution >= 4 is 11.9 Å². The van der Waals surface area contributed by atoms with E-state index in [1.54, 1.807) is 6.07 Å². The van der Waals surface area contributed by atoms with Crippen LogP contribution < -0.4 is 5.32 Å². The molecule has 1 saturated heterocycles. The Kier molecular flexibility index (Phi) is 6.98. The standard InChI is InChI=1S/C25H29FN4O4/c1-3-20-22-21(11-25(15-28-23(22)31)6-8-33-9-7-25)30(29-20)13-16(2)14-34-24(32)17-4-5-18(12-27)19(26)10-17/h4-5,10,16H,3,6-9,11,13-15H2,1-2H3,(H,28,31)/t16-/m1/s1. The summed E-state index contributed by atoms with van der Waals surface area (Å²) in [5.74, 6) is -1.57. The lowest BCUT2D eigenvalue weighted by Crippen LogP contribution is -2.41. The average Bonchev–Trinajstić information content (AvgIpc) is 3.10. The third-order valence-electron chi connectivity index (χ3n) is 6.72. The third kappa shape index (κ3) is 4.82. The number of benzene rings is 1. The maximum Gasteiger partial charge on any atom is 0.338 e. The molecule has 0 radical (unpaired) electrons. The van der Waals surface area contributed by atoms with Crippen molar-refractivity contribution in [1.82, 2.24) is 15.1 Å². The molecular formula is C25H29FN4O4. The molecule has 8 nitrogen and oxygen atoms in total. The van der Waals surface area contributed by atoms with Gasteiger partial charge in [0.05, 0.1) is 34.7 Å². The number of hydrogen-bond acceptors (Lipinski definition) is 6. The van der Waals surface area contributed by atoms with Crippen molar-refractivity contribution in [2.24, 2.45) is 11.3 Å². The van der Waals surface area contributed by atoms with Crippen LogP contribution in [-0.2, 0) is 28.9 Å². The molecule has 1 amide bonds. The van der Waals surface area contributed by atoms with Crippen LogP contribution in [0.4, 0.5) is 4.39 Å². The molecule has 0 aliphatic carbocycles. The lowest BCUT2D eigenvalue weighted by molar-refractivity contribution is 0.0151. The van der Waals surface area contributed by atoms with E-state index in [2.05, 4.69) is 5.32 Å². The normalized spacial score (nSPS) is 17.9. The SMILES string of the molecule is CCc1nn(C[C@@H](C)COC(=O)c2ccc(C#N)c(F)c2)c2c1C(=O)NCC1(CCOCC1)C2. The molecule has 1 N–H and O–H groups in total. The molecule has 2 aliphatic rings. The van der Waals surface area contributed by atoms with Crippen molar-refractivity contribution < 1.29 is 23.5 Å². The van der Waals surface area contributed by atoms with Gasteiger partial charge in [-0.25, -0.2) is 9.18 Å². The molecule has 2 aliphatic heterocycles. The first-order chi connectivity index (χ1) is 16.4. The summed E-state index contributed by atoms with van der Waals surface area (Å²) in [6.07, 6.45) is 3.16. The van der Waals surface area contributed by atoms with Crippen LogP contribution in [0.2, 0.25) is 0 Å². The lowest BCUT2D eigenvalue weighted by atomic mass is 9.76. The molecule has 0 unspecified atom stereocenters. The Balaban J connectivity index is 1.48. The smallest absolute Gasteiger partial charge is 0.338 e. The van der Waals surface area contributed by atoms with Gasteiger partial charge in [-0.1, -0.05) is 13.8 Å². The predicted octanol–water partition coefficient (Wildman–Crippen LogP) is 3.03. The molecule has 1 aromatic carbocycles. The number of fused-ring (bicyclic) bond motifs is 1. The highest BCUT2D eigenvalue weighted by Crippen LogP contribution is 2.37. The molecule has 1 atom stereocenters. The minimum atomic E-state index is -0.753. The maximum atomic E-state index is 13.8. The van der Waals surface area contributed by atoms with E-state index in [9.17, 15) is 14.0 Å². The maximum absolute atomic E-state index is 13.8. The highest BCUT2D eigenvalue weighted by molar-refractivity contribution is 5.97. The van der Waals surface area contributed by atoms with E-state index in [1.807, 2.05) is 18.5 Å². The minimum Gasteiger partial charge on any atom is -0.462 e. The number of rotatable bonds is 6. The summed E-state index contributed by atoms with van der Waals surface area (Å²) in [6, 6.07) is 5.38. The highest BCUT2D eigenvalue weighted by Gasteiger charge is 2.39. The average molecular weight is 469 g/mol. The van der Waals surface area contributed by atoms with Crippen LogP contribution in [0.3, 0.4) is 0 Å². The Morgan fingerprint density at radius 1 is 1.41 bits per heavy atom. The van der Waals surface area contributed by atoms with Gasteiger partial charge >= 0.3 is 5.97 Å². The van der Waals surface area contributed by atoms with Crippen molar-refractivity contribution in [3.63, 3.8) is 0 Å². The molecular weight excluding hydrogens is 439 g/mol. The summed E-state index contributed by atoms with van der Waals surface area (Å²) < 4.78 is 26.7. The number of nitrogens with zero attached hydrogens (tertiary/aromatic N) is 3. The van der Waals surface area contributed by atoms with Crippen molar-refractivity contribution in [2.45, 2.75) is 46.1 Å². The van der Waals surface area contributed by atoms with E-state index >= 15 is 0 Å². The second-order valence-corrected chi connectivity index (χ2v) is 9.29. The van der Waals surface area contributed by atoms with Crippen molar-refractivity contribution in [1.29, 1.82) is 5.26 Å². The van der Waals surface area contributed by atoms with Crippen LogP contribution in [-0.4, -0.2) is 48.0 Å². The second-order valence-electron chi connectivity index (χ2n) is 9.29. The summed E-state index contributed by atoms with van der Waals surface area (Å²) in [5, 5.41) is 16.7. The molecule has 0 saturated carbocycles. The summed E-state index contributed by atoms with van der Waals surface area (Å²) in [5.41, 5.74) is 2.26. The quantitative estimate of drug-likeness (QED) is 0.654. The van der Waals surface area contributed by atoms with Crippen LogP contribution in [0.15, 0.2) is 18.2 Å². The van der Waals surface area contributed by atoms with Gasteiger partial charge in [0.2, 0.25) is 0 Å². The number of amides is 1. The van der Waals surface area contributed by atoms with Crippen LogP contribution in [0.5, 0.6) is 0 Å². The number of aryl methyl sites for hydroxylation is 1. The topological polar surface area (TPSA) is 106 Å². The highest BCUT2D eigenvalue weighted by atomic mass is 19.1. The number of carbonyl (C=O) groups excluding carboxylic acids is 2. The van der Waals surface area contributed by atoms with Gasteiger partial charge in [0.15, 0.2) is 0 Å². The zero-order valence-corrected chi connectivity index (χ0v) is 19.5. The molecule has 1 fully saturated rings. The van der Waals surface area contributed by atoms with E-state index < -0.39 is 11.8 Å². The Morgan fingerprint density at radius 2 is 2.18 bits per heavy atom. The number of carbonyl (C=O) groups is 2. The second kappa shape index (κ2) is 9.94. The van der Waals surface area contributed by atoms with Gasteiger partial charge in [0.25, 0.3) is 5.91 Å². The first-order valence-electron chi connectivity index (χ1n) is 11.7. The number of hydrogen-bond donors (Lipinski definition) is 1. The molecule has 0 bridgehead atoms. The van der Waals surface area contributed by atoms with Crippen LogP contribution >= 0.6 is 0 Å². The number of nitriles is 1. The monoisotopic (exact) mass is 468 g/mol. The van der Waals surface area contributed by atoms with E-state index in [0.29, 0.717) is 38.3 Å². The molecule has 180 valence electrons. The molecule has 4 rings (SSSR count). The van der Waals surface area contributed by atoms with Crippen LogP contribution in [0.1, 0.15) is 64.4 Å². The van der Waals surface area contributed by atoms with E-state index in [-0.39, 0.29) is 35.0 Å². The summed E-state index contributed by atoms with van der Waals surface area (Å²) >= 11 is 0. The zero-order valence-electron chi connectivity index (χ0n) is 19.5. The van der Waals surface area contributed by atoms with Gasteiger partial charge in [-0.15, -0.1) is 0 Å². The summed E-state index contributed by atoms with van der Waals surface area (Å²) in [4.78, 5) is 25.3. The van der Waals surface area contributed by atoms with E-state index in [4.69, 9.17) is 19.8 Å². The van der Waals surface area contributed by atoms with E-state index in [0.717, 1.165) is 36.7 Å². The molecule has 9 heteroatoms. The van der Waals surface area contributed by atoms with Crippen molar-refractivity contribution in [3.8, 4) is 6.07 Å². The van der Waals surface area contributed by atoms with Crippen LogP contribution in [0.25, 0.3) is 0 Å². The fourth-order valence-corrected chi connectivity index (χ4v) is 4.71. The molecule has 34 heavy (non-hydrogen) atoms. The molecule has 2 aromatic rings. The van der Waals surface area contributed by atoms with Gasteiger partial charge in [-0.05, 0) is 49.3 Å². The van der Waals surface area contributed by atoms with Gasteiger partial charge in [-0.2, -0.15) is 10.4 Å². The Morgan fingerprint density at radius 3 is 2.85 bits per heavy atom. The Labute approximate surface area is 198 Å². The van der Waals surface area contributed by atoms with Gasteiger partial charge in [0, 0.05) is 32.2 Å². The number of esters is 1. The third-order valence-corrected chi connectivity index (χ3v) is 6.72. The van der Waals surface area contributed by atoms with Gasteiger partial charge in [0.1, 0.15) is 11.9 Å². The van der Waals surface area contributed by atoms with Gasteiger partial charge < -0.3 is 14.8 Å². The number of nitrogens with one attached hydrogen (secondary N) is 1. The number of ether oxygens (including phenoxy) is 2. The first kappa shape index (κ1) is 23.9. The first-order valence-corrected chi connectivity index (χ1v) is 11.7. The summed E-state index contributed by atoms with van der Waals surface area (Å²) in [7, 11) is 0. The lowest BCUT2D eigenvalue weighted by Gasteiger charge is -2.36. The minimum absolute atomic E-state index is 0.0443. The van der Waals surface area contributed by atoms with Crippen molar-refractivity contribution in [3.05, 3.63) is 52.1 Å². The molecule has 3 heterocycles. The number of halogens is 1. The van der Waals surface area contributed by atoms with Crippen molar-refractivity contribution in [2.75, 3.05) is 26.4 Å². The Bertz CT molecular complexity index is 1130. The fourth-order valence-electron chi connectivity index (χ4n) is 4.71. The van der Waals surface area contributed by atoms with Crippen LogP contribution in [0, 0.1) is 28.5 Å². The molecule has 1 spiro atoms. The Hall–Kier alpha value is -3.25. The fraction of sp³-hybridized carbons (Fsp3) is 0.520. The largest absolute Gasteiger partial charge is 0.462 e. The zero-order chi connectivity index (χ0) is 24.3. The van der Waals surface area contributed by atoms with Gasteiger partial charge in [-0.3, -0.25) is 9.48 Å². The van der Waals surface area contributed by atoms with E-state index in [1.165, 1.54) is 12.1 Å². The molecule has 1 aromatic heterocycles.